The SMILES string of the molecule is CCCC1(C)C(CC=O)=CC(C)C2C1CCC1(C)C(C)CCC21. The van der Waals surface area contributed by atoms with Crippen molar-refractivity contribution in [3.63, 3.8) is 0 Å². The van der Waals surface area contributed by atoms with Crippen LogP contribution >= 0.6 is 0 Å². The van der Waals surface area contributed by atoms with Gasteiger partial charge in [-0.2, -0.15) is 0 Å². The lowest BCUT2D eigenvalue weighted by Crippen LogP contribution is -2.51. The summed E-state index contributed by atoms with van der Waals surface area (Å²) in [5.41, 5.74) is 2.29. The highest BCUT2D eigenvalue weighted by atomic mass is 16.1. The molecule has 0 N–H and O–H groups in total. The van der Waals surface area contributed by atoms with Gasteiger partial charge in [-0.1, -0.05) is 52.7 Å². The number of carbonyl (C=O) groups excluding carboxylic acids is 1. The molecule has 23 heavy (non-hydrogen) atoms. The predicted molar refractivity (Wildman–Crippen MR) is 97.2 cm³/mol. The number of carbonyl (C=O) groups is 1. The Morgan fingerprint density at radius 2 is 1.91 bits per heavy atom. The van der Waals surface area contributed by atoms with E-state index in [4.69, 9.17) is 0 Å². The van der Waals surface area contributed by atoms with E-state index in [0.29, 0.717) is 17.8 Å². The Balaban J connectivity index is 2.01. The lowest BCUT2D eigenvalue weighted by Gasteiger charge is -2.58. The highest BCUT2D eigenvalue weighted by molar-refractivity contribution is 5.55. The second-order valence-corrected chi connectivity index (χ2v) is 9.40. The van der Waals surface area contributed by atoms with E-state index in [1.165, 1.54) is 44.1 Å². The Hall–Kier alpha value is -0.590. The summed E-state index contributed by atoms with van der Waals surface area (Å²) in [6.07, 6.45) is 12.4. The maximum absolute atomic E-state index is 11.3. The van der Waals surface area contributed by atoms with E-state index < -0.39 is 0 Å². The normalized spacial score (nSPS) is 49.3. The Labute approximate surface area is 143 Å². The molecule has 7 unspecified atom stereocenters. The fraction of sp³-hybridized carbons (Fsp3) is 0.864. The van der Waals surface area contributed by atoms with Gasteiger partial charge in [0.15, 0.2) is 0 Å². The smallest absolute Gasteiger partial charge is 0.124 e. The van der Waals surface area contributed by atoms with Gasteiger partial charge in [-0.25, -0.2) is 0 Å². The first-order valence-electron chi connectivity index (χ1n) is 10.0. The van der Waals surface area contributed by atoms with E-state index in [-0.39, 0.29) is 5.41 Å². The third kappa shape index (κ3) is 2.45. The Bertz CT molecular complexity index is 492. The minimum atomic E-state index is 0.264. The number of allylic oxidation sites excluding steroid dienone is 2. The molecule has 0 aliphatic heterocycles. The van der Waals surface area contributed by atoms with Gasteiger partial charge in [-0.3, -0.25) is 0 Å². The first kappa shape index (κ1) is 17.2. The van der Waals surface area contributed by atoms with Crippen molar-refractivity contribution in [3.05, 3.63) is 11.6 Å². The van der Waals surface area contributed by atoms with E-state index in [1.807, 2.05) is 0 Å². The van der Waals surface area contributed by atoms with Crippen molar-refractivity contribution in [2.75, 3.05) is 0 Å². The van der Waals surface area contributed by atoms with Crippen molar-refractivity contribution >= 4 is 6.29 Å². The number of hydrogen-bond donors (Lipinski definition) is 0. The summed E-state index contributed by atoms with van der Waals surface area (Å²) >= 11 is 0. The molecule has 1 nitrogen and oxygen atoms in total. The molecule has 1 heteroatoms. The second-order valence-electron chi connectivity index (χ2n) is 9.40. The third-order valence-corrected chi connectivity index (χ3v) is 8.50. The first-order chi connectivity index (χ1) is 10.9. The van der Waals surface area contributed by atoms with E-state index in [9.17, 15) is 4.79 Å². The molecule has 0 aromatic rings. The van der Waals surface area contributed by atoms with Crippen LogP contribution < -0.4 is 0 Å². The molecule has 0 amide bonds. The molecule has 3 aliphatic rings. The van der Waals surface area contributed by atoms with Crippen LogP contribution in [0.2, 0.25) is 0 Å². The van der Waals surface area contributed by atoms with Crippen LogP contribution in [0, 0.1) is 40.4 Å². The summed E-state index contributed by atoms with van der Waals surface area (Å²) in [6, 6.07) is 0. The molecule has 0 heterocycles. The summed E-state index contributed by atoms with van der Waals surface area (Å²) in [7, 11) is 0. The maximum atomic E-state index is 11.3. The van der Waals surface area contributed by atoms with Crippen molar-refractivity contribution in [2.24, 2.45) is 40.4 Å². The average Bonchev–Trinajstić information content (AvgIpc) is 2.80. The molecule has 3 rings (SSSR count). The molecule has 130 valence electrons. The van der Waals surface area contributed by atoms with Crippen molar-refractivity contribution in [1.29, 1.82) is 0 Å². The van der Waals surface area contributed by atoms with E-state index in [2.05, 4.69) is 40.7 Å². The molecular weight excluding hydrogens is 280 g/mol. The lowest BCUT2D eigenvalue weighted by atomic mass is 9.46. The zero-order chi connectivity index (χ0) is 16.8. The van der Waals surface area contributed by atoms with Gasteiger partial charge in [-0.05, 0) is 72.5 Å². The van der Waals surface area contributed by atoms with Crippen LogP contribution in [0.4, 0.5) is 0 Å². The van der Waals surface area contributed by atoms with Crippen LogP contribution in [0.5, 0.6) is 0 Å². The van der Waals surface area contributed by atoms with Crippen LogP contribution in [-0.4, -0.2) is 6.29 Å². The van der Waals surface area contributed by atoms with Gasteiger partial charge in [0, 0.05) is 6.42 Å². The summed E-state index contributed by atoms with van der Waals surface area (Å²) in [5.74, 6) is 4.07. The lowest BCUT2D eigenvalue weighted by molar-refractivity contribution is -0.108. The Morgan fingerprint density at radius 1 is 1.17 bits per heavy atom. The molecule has 0 spiro atoms. The Morgan fingerprint density at radius 3 is 2.57 bits per heavy atom. The minimum Gasteiger partial charge on any atom is -0.303 e. The summed E-state index contributed by atoms with van der Waals surface area (Å²) < 4.78 is 0. The molecule has 0 saturated heterocycles. The topological polar surface area (TPSA) is 17.1 Å². The molecule has 0 bridgehead atoms. The molecule has 2 fully saturated rings. The van der Waals surface area contributed by atoms with Crippen molar-refractivity contribution in [2.45, 2.75) is 79.6 Å². The van der Waals surface area contributed by atoms with Gasteiger partial charge in [0.2, 0.25) is 0 Å². The van der Waals surface area contributed by atoms with Gasteiger partial charge in [-0.15, -0.1) is 0 Å². The van der Waals surface area contributed by atoms with Crippen molar-refractivity contribution < 1.29 is 4.79 Å². The summed E-state index contributed by atoms with van der Waals surface area (Å²) in [4.78, 5) is 11.3. The highest BCUT2D eigenvalue weighted by Crippen LogP contribution is 2.66. The number of rotatable bonds is 4. The summed E-state index contributed by atoms with van der Waals surface area (Å²) in [5, 5.41) is 0. The van der Waals surface area contributed by atoms with E-state index in [0.717, 1.165) is 30.0 Å². The fourth-order valence-corrected chi connectivity index (χ4v) is 7.05. The van der Waals surface area contributed by atoms with Gasteiger partial charge in [0.25, 0.3) is 0 Å². The molecule has 3 aliphatic carbocycles. The fourth-order valence-electron chi connectivity index (χ4n) is 7.05. The van der Waals surface area contributed by atoms with Gasteiger partial charge < -0.3 is 4.79 Å². The monoisotopic (exact) mass is 316 g/mol. The van der Waals surface area contributed by atoms with E-state index in [1.54, 1.807) is 0 Å². The maximum Gasteiger partial charge on any atom is 0.124 e. The predicted octanol–water partition coefficient (Wildman–Crippen LogP) is 6.04. The van der Waals surface area contributed by atoms with Gasteiger partial charge in [0.1, 0.15) is 6.29 Å². The van der Waals surface area contributed by atoms with Crippen LogP contribution in [0.25, 0.3) is 0 Å². The molecule has 2 saturated carbocycles. The van der Waals surface area contributed by atoms with Crippen LogP contribution in [0.15, 0.2) is 11.6 Å². The standard InChI is InChI=1S/C22H36O/c1-6-11-22(5)17(10-13-23)14-15(2)20-18-8-7-16(3)21(18,4)12-9-19(20)22/h13-16,18-20H,6-12H2,1-5H3. The van der Waals surface area contributed by atoms with Crippen molar-refractivity contribution in [1.82, 2.24) is 0 Å². The quantitative estimate of drug-likeness (QED) is 0.456. The molecule has 0 aromatic heterocycles. The first-order valence-corrected chi connectivity index (χ1v) is 10.0. The van der Waals surface area contributed by atoms with E-state index >= 15 is 0 Å². The average molecular weight is 317 g/mol. The second kappa shape index (κ2) is 6.05. The van der Waals surface area contributed by atoms with Crippen LogP contribution in [0.1, 0.15) is 79.6 Å². The third-order valence-electron chi connectivity index (χ3n) is 8.50. The number of aldehydes is 1. The highest BCUT2D eigenvalue weighted by Gasteiger charge is 2.58. The largest absolute Gasteiger partial charge is 0.303 e. The molecular formula is C22H36O. The summed E-state index contributed by atoms with van der Waals surface area (Å²) in [6.45, 7) is 12.3. The van der Waals surface area contributed by atoms with Crippen molar-refractivity contribution in [3.8, 4) is 0 Å². The van der Waals surface area contributed by atoms with Gasteiger partial charge >= 0.3 is 0 Å². The van der Waals surface area contributed by atoms with Gasteiger partial charge in [0.05, 0.1) is 0 Å². The van der Waals surface area contributed by atoms with Crippen LogP contribution in [0.3, 0.4) is 0 Å². The zero-order valence-corrected chi connectivity index (χ0v) is 15.9. The zero-order valence-electron chi connectivity index (χ0n) is 15.9. The molecule has 0 aromatic carbocycles. The number of hydrogen-bond acceptors (Lipinski definition) is 1. The minimum absolute atomic E-state index is 0.264. The molecule has 7 atom stereocenters. The van der Waals surface area contributed by atoms with Crippen LogP contribution in [-0.2, 0) is 4.79 Å². The number of fused-ring (bicyclic) bond motifs is 3. The molecule has 0 radical (unpaired) electrons. The Kier molecular flexibility index (Phi) is 4.53.